The highest BCUT2D eigenvalue weighted by Gasteiger charge is 2.11. The molecule has 156 valence electrons. The van der Waals surface area contributed by atoms with Crippen LogP contribution >= 0.6 is 23.2 Å². The van der Waals surface area contributed by atoms with Crippen LogP contribution in [0.3, 0.4) is 0 Å². The smallest absolute Gasteiger partial charge is 0.248 e. The number of methoxy groups -OCH3 is 1. The number of nitrogens with zero attached hydrogens (tertiary/aromatic N) is 1. The number of aryl methyl sites for hydroxylation is 1. The van der Waals surface area contributed by atoms with Gasteiger partial charge in [0.05, 0.1) is 12.1 Å². The summed E-state index contributed by atoms with van der Waals surface area (Å²) in [5.74, 6) is 0.662. The molecule has 0 spiro atoms. The molecular formula is C24H18Cl2N2O3. The fourth-order valence-corrected chi connectivity index (χ4v) is 3.76. The van der Waals surface area contributed by atoms with E-state index in [-0.39, 0.29) is 5.91 Å². The van der Waals surface area contributed by atoms with Crippen molar-refractivity contribution in [1.82, 2.24) is 4.98 Å². The molecule has 5 nitrogen and oxygen atoms in total. The molecule has 3 aromatic carbocycles. The van der Waals surface area contributed by atoms with E-state index in [1.54, 1.807) is 36.4 Å². The van der Waals surface area contributed by atoms with Crippen LogP contribution in [-0.4, -0.2) is 18.0 Å². The Morgan fingerprint density at radius 1 is 1.13 bits per heavy atom. The van der Waals surface area contributed by atoms with Gasteiger partial charge < -0.3 is 14.5 Å². The molecule has 4 aromatic rings. The van der Waals surface area contributed by atoms with Gasteiger partial charge in [-0.2, -0.15) is 0 Å². The maximum Gasteiger partial charge on any atom is 0.248 e. The third kappa shape index (κ3) is 4.74. The summed E-state index contributed by atoms with van der Waals surface area (Å²) >= 11 is 12.2. The van der Waals surface area contributed by atoms with Gasteiger partial charge in [-0.1, -0.05) is 40.9 Å². The number of ether oxygens (including phenoxy) is 1. The number of anilines is 1. The van der Waals surface area contributed by atoms with Gasteiger partial charge in [-0.05, 0) is 55.5 Å². The molecule has 0 bridgehead atoms. The number of hydrogen-bond donors (Lipinski definition) is 1. The van der Waals surface area contributed by atoms with Crippen LogP contribution in [0.2, 0.25) is 10.0 Å². The zero-order chi connectivity index (χ0) is 22.0. The van der Waals surface area contributed by atoms with Gasteiger partial charge in [-0.3, -0.25) is 4.79 Å². The lowest BCUT2D eigenvalue weighted by Gasteiger charge is -2.08. The van der Waals surface area contributed by atoms with Crippen LogP contribution in [0.15, 0.2) is 65.1 Å². The molecule has 4 rings (SSSR count). The molecule has 1 aromatic heterocycles. The zero-order valence-corrected chi connectivity index (χ0v) is 18.3. The van der Waals surface area contributed by atoms with E-state index in [2.05, 4.69) is 10.3 Å². The molecule has 0 fully saturated rings. The lowest BCUT2D eigenvalue weighted by atomic mass is 10.1. The number of amides is 1. The molecule has 0 radical (unpaired) electrons. The Labute approximate surface area is 189 Å². The minimum absolute atomic E-state index is 0.320. The standard InChI is InChI=1S/C24H18Cl2N2O3/c1-14-4-3-5-16(10-14)24-28-20-13-18(7-8-21(20)31-24)27-22(29)9-6-15-11-17(25)12-19(26)23(15)30-2/h3-13H,1-2H3,(H,27,29)/b9-6+. The number of fused-ring (bicyclic) bond motifs is 1. The topological polar surface area (TPSA) is 64.4 Å². The Hall–Kier alpha value is -3.28. The molecule has 0 saturated heterocycles. The highest BCUT2D eigenvalue weighted by Crippen LogP contribution is 2.33. The highest BCUT2D eigenvalue weighted by molar-refractivity contribution is 6.36. The number of aromatic nitrogens is 1. The molecule has 0 aliphatic rings. The van der Waals surface area contributed by atoms with Crippen molar-refractivity contribution in [2.24, 2.45) is 0 Å². The lowest BCUT2D eigenvalue weighted by molar-refractivity contribution is -0.111. The van der Waals surface area contributed by atoms with Crippen molar-refractivity contribution in [3.05, 3.63) is 81.8 Å². The number of carbonyl (C=O) groups excluding carboxylic acids is 1. The van der Waals surface area contributed by atoms with Crippen LogP contribution in [0.4, 0.5) is 5.69 Å². The van der Waals surface area contributed by atoms with Crippen LogP contribution in [-0.2, 0) is 4.79 Å². The number of nitrogens with one attached hydrogen (secondary N) is 1. The monoisotopic (exact) mass is 452 g/mol. The summed E-state index contributed by atoms with van der Waals surface area (Å²) in [6.45, 7) is 2.01. The molecule has 1 heterocycles. The maximum absolute atomic E-state index is 12.4. The van der Waals surface area contributed by atoms with E-state index < -0.39 is 0 Å². The van der Waals surface area contributed by atoms with E-state index in [4.69, 9.17) is 32.4 Å². The van der Waals surface area contributed by atoms with E-state index >= 15 is 0 Å². The zero-order valence-electron chi connectivity index (χ0n) is 16.8. The summed E-state index contributed by atoms with van der Waals surface area (Å²) in [5.41, 5.74) is 4.52. The summed E-state index contributed by atoms with van der Waals surface area (Å²) in [7, 11) is 1.50. The first kappa shape index (κ1) is 21.0. The summed E-state index contributed by atoms with van der Waals surface area (Å²) in [6.07, 6.45) is 2.98. The molecule has 1 amide bonds. The molecule has 1 N–H and O–H groups in total. The van der Waals surface area contributed by atoms with Gasteiger partial charge in [0, 0.05) is 27.9 Å². The van der Waals surface area contributed by atoms with E-state index in [1.165, 1.54) is 13.2 Å². The van der Waals surface area contributed by atoms with Gasteiger partial charge in [-0.25, -0.2) is 4.98 Å². The van der Waals surface area contributed by atoms with Crippen molar-refractivity contribution in [2.75, 3.05) is 12.4 Å². The quantitative estimate of drug-likeness (QED) is 0.339. The first-order valence-electron chi connectivity index (χ1n) is 9.42. The minimum Gasteiger partial charge on any atom is -0.495 e. The molecule has 0 aliphatic carbocycles. The number of carbonyl (C=O) groups is 1. The molecule has 31 heavy (non-hydrogen) atoms. The third-order valence-corrected chi connectivity index (χ3v) is 5.07. The summed E-state index contributed by atoms with van der Waals surface area (Å²) in [5, 5.41) is 3.64. The first-order valence-corrected chi connectivity index (χ1v) is 10.2. The Kier molecular flexibility index (Phi) is 5.98. The largest absolute Gasteiger partial charge is 0.495 e. The Morgan fingerprint density at radius 2 is 1.97 bits per heavy atom. The van der Waals surface area contributed by atoms with Crippen LogP contribution < -0.4 is 10.1 Å². The lowest BCUT2D eigenvalue weighted by Crippen LogP contribution is -2.07. The van der Waals surface area contributed by atoms with Crippen molar-refractivity contribution in [3.63, 3.8) is 0 Å². The second-order valence-electron chi connectivity index (χ2n) is 6.90. The van der Waals surface area contributed by atoms with Crippen LogP contribution in [0.1, 0.15) is 11.1 Å². The Bertz CT molecular complexity index is 1310. The Morgan fingerprint density at radius 3 is 2.74 bits per heavy atom. The fourth-order valence-electron chi connectivity index (χ4n) is 3.18. The van der Waals surface area contributed by atoms with Crippen LogP contribution in [0, 0.1) is 6.92 Å². The number of halogens is 2. The van der Waals surface area contributed by atoms with Crippen molar-refractivity contribution >= 4 is 52.0 Å². The van der Waals surface area contributed by atoms with Crippen molar-refractivity contribution < 1.29 is 13.9 Å². The van der Waals surface area contributed by atoms with E-state index in [1.807, 2.05) is 31.2 Å². The van der Waals surface area contributed by atoms with Crippen molar-refractivity contribution in [1.29, 1.82) is 0 Å². The highest BCUT2D eigenvalue weighted by atomic mass is 35.5. The van der Waals surface area contributed by atoms with Gasteiger partial charge in [-0.15, -0.1) is 0 Å². The Balaban J connectivity index is 1.53. The van der Waals surface area contributed by atoms with Crippen LogP contribution in [0.25, 0.3) is 28.6 Å². The van der Waals surface area contributed by atoms with Gasteiger partial charge in [0.1, 0.15) is 11.3 Å². The van der Waals surface area contributed by atoms with Gasteiger partial charge in [0.15, 0.2) is 5.58 Å². The van der Waals surface area contributed by atoms with E-state index in [9.17, 15) is 4.79 Å². The van der Waals surface area contributed by atoms with Gasteiger partial charge >= 0.3 is 0 Å². The first-order chi connectivity index (χ1) is 14.9. The second kappa shape index (κ2) is 8.84. The van der Waals surface area contributed by atoms with E-state index in [0.717, 1.165) is 11.1 Å². The molecule has 0 unspecified atom stereocenters. The van der Waals surface area contributed by atoms with Crippen molar-refractivity contribution in [2.45, 2.75) is 6.92 Å². The number of hydrogen-bond acceptors (Lipinski definition) is 4. The molecule has 0 aliphatic heterocycles. The van der Waals surface area contributed by atoms with Crippen LogP contribution in [0.5, 0.6) is 5.75 Å². The predicted molar refractivity (Wildman–Crippen MR) is 125 cm³/mol. The van der Waals surface area contributed by atoms with E-state index in [0.29, 0.717) is 44.0 Å². The number of rotatable bonds is 5. The normalized spacial score (nSPS) is 11.2. The third-order valence-electron chi connectivity index (χ3n) is 4.58. The predicted octanol–water partition coefficient (Wildman–Crippen LogP) is 6.77. The fraction of sp³-hybridized carbons (Fsp3) is 0.0833. The molecule has 7 heteroatoms. The minimum atomic E-state index is -0.320. The SMILES string of the molecule is COc1c(Cl)cc(Cl)cc1/C=C/C(=O)Nc1ccc2oc(-c3cccc(C)c3)nc2c1. The average molecular weight is 453 g/mol. The average Bonchev–Trinajstić information content (AvgIpc) is 3.15. The van der Waals surface area contributed by atoms with Gasteiger partial charge in [0.25, 0.3) is 0 Å². The van der Waals surface area contributed by atoms with Crippen molar-refractivity contribution in [3.8, 4) is 17.2 Å². The second-order valence-corrected chi connectivity index (χ2v) is 7.75. The van der Waals surface area contributed by atoms with Gasteiger partial charge in [0.2, 0.25) is 11.8 Å². The maximum atomic E-state index is 12.4. The molecule has 0 atom stereocenters. The molecular weight excluding hydrogens is 435 g/mol. The molecule has 0 saturated carbocycles. The summed E-state index contributed by atoms with van der Waals surface area (Å²) in [6, 6.07) is 16.5. The summed E-state index contributed by atoms with van der Waals surface area (Å²) in [4.78, 5) is 17.0. The number of oxazole rings is 1. The summed E-state index contributed by atoms with van der Waals surface area (Å²) < 4.78 is 11.1. The number of benzene rings is 3.